The van der Waals surface area contributed by atoms with E-state index in [1.165, 1.54) is 6.92 Å². The fraction of sp³-hybridized carbons (Fsp3) is 0.211. The first-order chi connectivity index (χ1) is 13.5. The van der Waals surface area contributed by atoms with Gasteiger partial charge in [-0.2, -0.15) is 5.26 Å². The van der Waals surface area contributed by atoms with Gasteiger partial charge in [0.05, 0.1) is 17.9 Å². The maximum Gasteiger partial charge on any atom is 0.342 e. The van der Waals surface area contributed by atoms with Gasteiger partial charge in [0, 0.05) is 0 Å². The maximum absolute atomic E-state index is 12.8. The number of esters is 1. The van der Waals surface area contributed by atoms with Crippen molar-refractivity contribution >= 4 is 28.7 Å². The molecule has 0 atom stereocenters. The van der Waals surface area contributed by atoms with E-state index in [-0.39, 0.29) is 35.6 Å². The van der Waals surface area contributed by atoms with E-state index in [9.17, 15) is 14.4 Å². The summed E-state index contributed by atoms with van der Waals surface area (Å²) < 4.78 is 11.4. The summed E-state index contributed by atoms with van der Waals surface area (Å²) in [5.74, 6) is -1.00. The molecule has 0 radical (unpaired) electrons. The van der Waals surface area contributed by atoms with E-state index in [0.29, 0.717) is 11.3 Å². The van der Waals surface area contributed by atoms with Gasteiger partial charge >= 0.3 is 5.97 Å². The fourth-order valence-electron chi connectivity index (χ4n) is 2.73. The Labute approximate surface area is 159 Å². The summed E-state index contributed by atoms with van der Waals surface area (Å²) >= 11 is 0. The molecule has 3 aromatic rings. The van der Waals surface area contributed by atoms with Gasteiger partial charge < -0.3 is 14.5 Å². The van der Waals surface area contributed by atoms with Gasteiger partial charge in [0.1, 0.15) is 35.7 Å². The van der Waals surface area contributed by atoms with Crippen molar-refractivity contribution in [3.63, 3.8) is 0 Å². The number of fused-ring (bicyclic) bond motifs is 1. The molecule has 1 N–H and O–H groups in total. The van der Waals surface area contributed by atoms with E-state index in [1.54, 1.807) is 31.2 Å². The highest BCUT2D eigenvalue weighted by atomic mass is 16.5. The molecule has 9 nitrogen and oxygen atoms in total. The second-order valence-corrected chi connectivity index (χ2v) is 5.82. The lowest BCUT2D eigenvalue weighted by Gasteiger charge is -2.08. The fourth-order valence-corrected chi connectivity index (χ4v) is 2.73. The molecule has 0 bridgehead atoms. The smallest absolute Gasteiger partial charge is 0.342 e. The minimum atomic E-state index is -0.692. The lowest BCUT2D eigenvalue weighted by Crippen LogP contribution is -2.28. The summed E-state index contributed by atoms with van der Waals surface area (Å²) in [4.78, 5) is 41.3. The van der Waals surface area contributed by atoms with Gasteiger partial charge in [0.2, 0.25) is 11.6 Å². The zero-order valence-corrected chi connectivity index (χ0v) is 15.2. The average Bonchev–Trinajstić information content (AvgIpc) is 3.01. The van der Waals surface area contributed by atoms with E-state index in [0.717, 1.165) is 10.9 Å². The Kier molecular flexibility index (Phi) is 5.22. The van der Waals surface area contributed by atoms with Gasteiger partial charge in [0.25, 0.3) is 5.56 Å². The molecule has 2 heterocycles. The van der Waals surface area contributed by atoms with Crippen LogP contribution in [0.15, 0.2) is 39.8 Å². The molecule has 9 heteroatoms. The molecule has 0 unspecified atom stereocenters. The Morgan fingerprint density at radius 3 is 2.82 bits per heavy atom. The number of rotatable bonds is 5. The number of anilines is 1. The van der Waals surface area contributed by atoms with Crippen LogP contribution in [0.25, 0.3) is 11.1 Å². The Bertz CT molecular complexity index is 1170. The van der Waals surface area contributed by atoms with Crippen LogP contribution in [-0.4, -0.2) is 28.0 Å². The number of para-hydroxylation sites is 1. The second kappa shape index (κ2) is 7.75. The van der Waals surface area contributed by atoms with Crippen LogP contribution in [0.2, 0.25) is 0 Å². The van der Waals surface area contributed by atoms with E-state index in [4.69, 9.17) is 14.4 Å². The van der Waals surface area contributed by atoms with Gasteiger partial charge in [-0.25, -0.2) is 9.78 Å². The van der Waals surface area contributed by atoms with Gasteiger partial charge in [-0.05, 0) is 26.0 Å². The molecule has 0 spiro atoms. The number of furan rings is 1. The highest BCUT2D eigenvalue weighted by Crippen LogP contribution is 2.21. The number of nitrogens with one attached hydrogen (secondary N) is 1. The number of amides is 1. The highest BCUT2D eigenvalue weighted by molar-refractivity contribution is 6.03. The molecular formula is C19H16N4O5. The third-order valence-corrected chi connectivity index (χ3v) is 3.97. The molecule has 1 aromatic carbocycles. The van der Waals surface area contributed by atoms with Gasteiger partial charge in [0.15, 0.2) is 0 Å². The molecule has 0 aliphatic heterocycles. The van der Waals surface area contributed by atoms with Crippen molar-refractivity contribution in [3.8, 4) is 6.07 Å². The summed E-state index contributed by atoms with van der Waals surface area (Å²) in [6, 6.07) is 8.47. The number of nitriles is 1. The standard InChI is InChI=1S/C19H16N4O5/c1-3-27-19(26)15-11(2)28-17-16(15)18(25)23(10-21-17)9-14(24)22-13-7-5-4-6-12(13)8-20/h4-7,10H,3,9H2,1-2H3,(H,22,24). The number of carbonyl (C=O) groups excluding carboxylic acids is 2. The highest BCUT2D eigenvalue weighted by Gasteiger charge is 2.24. The third kappa shape index (κ3) is 3.48. The van der Waals surface area contributed by atoms with Crippen LogP contribution in [-0.2, 0) is 16.1 Å². The van der Waals surface area contributed by atoms with Crippen molar-refractivity contribution < 1.29 is 18.7 Å². The van der Waals surface area contributed by atoms with Gasteiger partial charge in [-0.3, -0.25) is 14.2 Å². The van der Waals surface area contributed by atoms with Gasteiger partial charge in [-0.15, -0.1) is 0 Å². The van der Waals surface area contributed by atoms with E-state index >= 15 is 0 Å². The Hall–Kier alpha value is -3.93. The number of ether oxygens (including phenoxy) is 1. The van der Waals surface area contributed by atoms with Crippen LogP contribution in [0.3, 0.4) is 0 Å². The van der Waals surface area contributed by atoms with Crippen LogP contribution in [0.1, 0.15) is 28.6 Å². The lowest BCUT2D eigenvalue weighted by molar-refractivity contribution is -0.116. The van der Waals surface area contributed by atoms with Crippen molar-refractivity contribution in [3.05, 3.63) is 57.8 Å². The number of nitrogens with zero attached hydrogens (tertiary/aromatic N) is 3. The normalized spacial score (nSPS) is 10.5. The van der Waals surface area contributed by atoms with Crippen molar-refractivity contribution in [2.24, 2.45) is 0 Å². The molecule has 0 saturated carbocycles. The molecular weight excluding hydrogens is 364 g/mol. The van der Waals surface area contributed by atoms with Crippen LogP contribution in [0.4, 0.5) is 5.69 Å². The first-order valence-electron chi connectivity index (χ1n) is 8.40. The zero-order chi connectivity index (χ0) is 20.3. The van der Waals surface area contributed by atoms with E-state index in [2.05, 4.69) is 10.3 Å². The predicted octanol–water partition coefficient (Wildman–Crippen LogP) is 1.98. The zero-order valence-electron chi connectivity index (χ0n) is 15.2. The largest absolute Gasteiger partial charge is 0.462 e. The Balaban J connectivity index is 1.94. The second-order valence-electron chi connectivity index (χ2n) is 5.82. The monoisotopic (exact) mass is 380 g/mol. The molecule has 2 aromatic heterocycles. The number of benzene rings is 1. The van der Waals surface area contributed by atoms with Crippen LogP contribution in [0.5, 0.6) is 0 Å². The lowest BCUT2D eigenvalue weighted by atomic mass is 10.2. The summed E-state index contributed by atoms with van der Waals surface area (Å²) in [6.07, 6.45) is 1.16. The van der Waals surface area contributed by atoms with Gasteiger partial charge in [-0.1, -0.05) is 12.1 Å². The first-order valence-corrected chi connectivity index (χ1v) is 8.40. The molecule has 0 fully saturated rings. The minimum absolute atomic E-state index is 0.000987. The Morgan fingerprint density at radius 1 is 1.36 bits per heavy atom. The van der Waals surface area contributed by atoms with Crippen LogP contribution >= 0.6 is 0 Å². The van der Waals surface area contributed by atoms with Crippen molar-refractivity contribution in [1.82, 2.24) is 9.55 Å². The summed E-state index contributed by atoms with van der Waals surface area (Å²) in [7, 11) is 0. The van der Waals surface area contributed by atoms with Crippen LogP contribution < -0.4 is 10.9 Å². The summed E-state index contributed by atoms with van der Waals surface area (Å²) in [6.45, 7) is 2.97. The average molecular weight is 380 g/mol. The third-order valence-electron chi connectivity index (χ3n) is 3.97. The quantitative estimate of drug-likeness (QED) is 0.670. The number of hydrogen-bond acceptors (Lipinski definition) is 7. The van der Waals surface area contributed by atoms with Crippen molar-refractivity contribution in [2.75, 3.05) is 11.9 Å². The molecule has 1 amide bonds. The van der Waals surface area contributed by atoms with Crippen molar-refractivity contribution in [1.29, 1.82) is 5.26 Å². The number of hydrogen-bond donors (Lipinski definition) is 1. The van der Waals surface area contributed by atoms with Crippen LogP contribution in [0, 0.1) is 18.3 Å². The maximum atomic E-state index is 12.8. The topological polar surface area (TPSA) is 127 Å². The SMILES string of the molecule is CCOC(=O)c1c(C)oc2ncn(CC(=O)Nc3ccccc3C#N)c(=O)c12. The minimum Gasteiger partial charge on any atom is -0.462 e. The van der Waals surface area contributed by atoms with Crippen molar-refractivity contribution in [2.45, 2.75) is 20.4 Å². The predicted molar refractivity (Wildman–Crippen MR) is 98.7 cm³/mol. The number of aromatic nitrogens is 2. The number of carbonyl (C=O) groups is 2. The molecule has 0 aliphatic carbocycles. The summed E-state index contributed by atoms with van der Waals surface area (Å²) in [5, 5.41) is 11.6. The van der Waals surface area contributed by atoms with E-state index < -0.39 is 17.4 Å². The first kappa shape index (κ1) is 18.8. The number of aryl methyl sites for hydroxylation is 1. The molecule has 142 valence electrons. The molecule has 3 rings (SSSR count). The molecule has 28 heavy (non-hydrogen) atoms. The van der Waals surface area contributed by atoms with E-state index in [1.807, 2.05) is 6.07 Å². The summed E-state index contributed by atoms with van der Waals surface area (Å²) in [5.41, 5.74) is 0.0277. The Morgan fingerprint density at radius 2 is 2.11 bits per heavy atom. The molecule has 0 aliphatic rings. The molecule has 0 saturated heterocycles.